The van der Waals surface area contributed by atoms with Gasteiger partial charge < -0.3 is 14.8 Å². The Morgan fingerprint density at radius 1 is 1.58 bits per heavy atom. The van der Waals surface area contributed by atoms with Crippen molar-refractivity contribution in [3.05, 3.63) is 10.6 Å². The molecule has 2 rings (SSSR count). The van der Waals surface area contributed by atoms with Crippen molar-refractivity contribution < 1.29 is 14.3 Å². The number of ether oxygens (including phenoxy) is 2. The van der Waals surface area contributed by atoms with Crippen molar-refractivity contribution in [1.82, 2.24) is 4.98 Å². The lowest BCUT2D eigenvalue weighted by Gasteiger charge is -2.35. The Bertz CT molecular complexity index is 470. The molecule has 1 aromatic heterocycles. The molecule has 106 valence electrons. The Morgan fingerprint density at radius 3 is 2.95 bits per heavy atom. The first-order valence-corrected chi connectivity index (χ1v) is 7.19. The number of esters is 1. The van der Waals surface area contributed by atoms with Gasteiger partial charge in [0.15, 0.2) is 5.13 Å². The van der Waals surface area contributed by atoms with Crippen LogP contribution in [-0.2, 0) is 9.47 Å². The second-order valence-corrected chi connectivity index (χ2v) is 6.37. The highest BCUT2D eigenvalue weighted by atomic mass is 32.1. The van der Waals surface area contributed by atoms with Gasteiger partial charge in [0, 0.05) is 12.6 Å². The number of rotatable bonds is 3. The smallest absolute Gasteiger partial charge is 0.350 e. The number of hydrogen-bond donors (Lipinski definition) is 1. The number of hydrogen-bond acceptors (Lipinski definition) is 6. The maximum absolute atomic E-state index is 11.5. The molecule has 1 aliphatic rings. The van der Waals surface area contributed by atoms with Gasteiger partial charge in [0.1, 0.15) is 4.88 Å². The van der Waals surface area contributed by atoms with Crippen LogP contribution in [0.5, 0.6) is 0 Å². The summed E-state index contributed by atoms with van der Waals surface area (Å²) < 4.78 is 10.4. The van der Waals surface area contributed by atoms with E-state index in [4.69, 9.17) is 9.47 Å². The average Bonchev–Trinajstić information content (AvgIpc) is 2.68. The summed E-state index contributed by atoms with van der Waals surface area (Å²) in [5, 5.41) is 4.17. The summed E-state index contributed by atoms with van der Waals surface area (Å²) in [4.78, 5) is 16.5. The van der Waals surface area contributed by atoms with Crippen molar-refractivity contribution in [2.24, 2.45) is 0 Å². The van der Waals surface area contributed by atoms with Crippen LogP contribution in [0.3, 0.4) is 0 Å². The maximum atomic E-state index is 11.5. The summed E-state index contributed by atoms with van der Waals surface area (Å²) in [7, 11) is 1.38. The van der Waals surface area contributed by atoms with Gasteiger partial charge in [0.2, 0.25) is 0 Å². The Morgan fingerprint density at radius 2 is 2.32 bits per heavy atom. The van der Waals surface area contributed by atoms with E-state index in [9.17, 15) is 4.79 Å². The van der Waals surface area contributed by atoms with E-state index >= 15 is 0 Å². The quantitative estimate of drug-likeness (QED) is 0.865. The summed E-state index contributed by atoms with van der Waals surface area (Å²) in [5.41, 5.74) is 0.610. The Labute approximate surface area is 117 Å². The van der Waals surface area contributed by atoms with E-state index in [1.807, 2.05) is 6.92 Å². The third-order valence-corrected chi connectivity index (χ3v) is 4.26. The molecule has 1 N–H and O–H groups in total. The lowest BCUT2D eigenvalue weighted by molar-refractivity contribution is -0.0553. The van der Waals surface area contributed by atoms with Crippen LogP contribution in [0.4, 0.5) is 5.13 Å². The van der Waals surface area contributed by atoms with E-state index in [1.165, 1.54) is 18.4 Å². The summed E-state index contributed by atoms with van der Waals surface area (Å²) in [5.74, 6) is -0.324. The lowest BCUT2D eigenvalue weighted by Crippen LogP contribution is -2.40. The van der Waals surface area contributed by atoms with Crippen molar-refractivity contribution in [1.29, 1.82) is 0 Å². The monoisotopic (exact) mass is 284 g/mol. The fourth-order valence-corrected chi connectivity index (χ4v) is 3.23. The maximum Gasteiger partial charge on any atom is 0.350 e. The molecule has 19 heavy (non-hydrogen) atoms. The van der Waals surface area contributed by atoms with Gasteiger partial charge in [-0.05, 0) is 33.6 Å². The zero-order chi connectivity index (χ0) is 14.0. The molecule has 0 bridgehead atoms. The second-order valence-electron chi connectivity index (χ2n) is 5.37. The third-order valence-electron chi connectivity index (χ3n) is 3.19. The van der Waals surface area contributed by atoms with Gasteiger partial charge in [-0.25, -0.2) is 9.78 Å². The number of nitrogens with zero attached hydrogens (tertiary/aromatic N) is 1. The van der Waals surface area contributed by atoms with Gasteiger partial charge in [0.25, 0.3) is 0 Å². The number of nitrogens with one attached hydrogen (secondary N) is 1. The molecule has 6 heteroatoms. The van der Waals surface area contributed by atoms with Crippen LogP contribution in [0.1, 0.15) is 42.1 Å². The highest BCUT2D eigenvalue weighted by Crippen LogP contribution is 2.29. The number of aromatic nitrogens is 1. The zero-order valence-corrected chi connectivity index (χ0v) is 12.6. The lowest BCUT2D eigenvalue weighted by atomic mass is 9.94. The molecule has 2 heterocycles. The van der Waals surface area contributed by atoms with Gasteiger partial charge in [-0.1, -0.05) is 11.3 Å². The first-order chi connectivity index (χ1) is 8.91. The standard InChI is InChI=1S/C13H20N2O3S/c1-8-10(11(16)17-4)19-12(14-8)15-9-5-6-18-13(2,3)7-9/h9H,5-7H2,1-4H3,(H,14,15). The molecule has 0 aromatic carbocycles. The van der Waals surface area contributed by atoms with E-state index in [0.29, 0.717) is 16.6 Å². The fraction of sp³-hybridized carbons (Fsp3) is 0.692. The van der Waals surface area contributed by atoms with Crippen molar-refractivity contribution in [2.45, 2.75) is 45.3 Å². The highest BCUT2D eigenvalue weighted by Gasteiger charge is 2.29. The number of carbonyl (C=O) groups is 1. The molecule has 1 fully saturated rings. The van der Waals surface area contributed by atoms with Crippen LogP contribution in [0.25, 0.3) is 0 Å². The molecule has 1 saturated heterocycles. The molecular weight excluding hydrogens is 264 g/mol. The number of thiazole rings is 1. The molecule has 0 amide bonds. The first kappa shape index (κ1) is 14.3. The molecule has 0 spiro atoms. The van der Waals surface area contributed by atoms with Gasteiger partial charge in [0.05, 0.1) is 18.4 Å². The fourth-order valence-electron chi connectivity index (χ4n) is 2.27. The van der Waals surface area contributed by atoms with E-state index in [2.05, 4.69) is 24.1 Å². The first-order valence-electron chi connectivity index (χ1n) is 6.37. The summed E-state index contributed by atoms with van der Waals surface area (Å²) in [6.07, 6.45) is 1.88. The SMILES string of the molecule is COC(=O)c1sc(NC2CCOC(C)(C)C2)nc1C. The Balaban J connectivity index is 2.05. The molecular formula is C13H20N2O3S. The van der Waals surface area contributed by atoms with Crippen LogP contribution in [0, 0.1) is 6.92 Å². The van der Waals surface area contributed by atoms with Gasteiger partial charge >= 0.3 is 5.97 Å². The number of aryl methyl sites for hydroxylation is 1. The largest absolute Gasteiger partial charge is 0.465 e. The number of anilines is 1. The Kier molecular flexibility index (Phi) is 4.10. The van der Waals surface area contributed by atoms with Gasteiger partial charge in [-0.15, -0.1) is 0 Å². The minimum atomic E-state index is -0.324. The van der Waals surface area contributed by atoms with Crippen molar-refractivity contribution in [3.63, 3.8) is 0 Å². The molecule has 1 atom stereocenters. The average molecular weight is 284 g/mol. The molecule has 0 aliphatic carbocycles. The second kappa shape index (κ2) is 5.46. The summed E-state index contributed by atoms with van der Waals surface area (Å²) in [6.45, 7) is 6.75. The van der Waals surface area contributed by atoms with Crippen molar-refractivity contribution >= 4 is 22.4 Å². The van der Waals surface area contributed by atoms with Crippen LogP contribution < -0.4 is 5.32 Å². The third kappa shape index (κ3) is 3.45. The molecule has 0 saturated carbocycles. The van der Waals surface area contributed by atoms with Crippen LogP contribution in [-0.4, -0.2) is 36.3 Å². The van der Waals surface area contributed by atoms with E-state index in [0.717, 1.165) is 24.6 Å². The van der Waals surface area contributed by atoms with Gasteiger partial charge in [-0.2, -0.15) is 0 Å². The predicted molar refractivity (Wildman–Crippen MR) is 74.9 cm³/mol. The number of carbonyl (C=O) groups excluding carboxylic acids is 1. The van der Waals surface area contributed by atoms with Crippen LogP contribution in [0.15, 0.2) is 0 Å². The molecule has 0 radical (unpaired) electrons. The molecule has 1 unspecified atom stereocenters. The Hall–Kier alpha value is -1.14. The van der Waals surface area contributed by atoms with E-state index in [-0.39, 0.29) is 11.6 Å². The minimum Gasteiger partial charge on any atom is -0.465 e. The van der Waals surface area contributed by atoms with E-state index < -0.39 is 0 Å². The minimum absolute atomic E-state index is 0.104. The molecule has 5 nitrogen and oxygen atoms in total. The molecule has 1 aromatic rings. The summed E-state index contributed by atoms with van der Waals surface area (Å²) in [6, 6.07) is 0.333. The normalized spacial score (nSPS) is 22.0. The zero-order valence-electron chi connectivity index (χ0n) is 11.8. The van der Waals surface area contributed by atoms with Crippen LogP contribution in [0.2, 0.25) is 0 Å². The predicted octanol–water partition coefficient (Wildman–Crippen LogP) is 2.61. The molecule has 1 aliphatic heterocycles. The topological polar surface area (TPSA) is 60.5 Å². The highest BCUT2D eigenvalue weighted by molar-refractivity contribution is 7.17. The van der Waals surface area contributed by atoms with E-state index in [1.54, 1.807) is 0 Å². The summed E-state index contributed by atoms with van der Waals surface area (Å²) >= 11 is 1.35. The van der Waals surface area contributed by atoms with Crippen LogP contribution >= 0.6 is 11.3 Å². The van der Waals surface area contributed by atoms with Crippen molar-refractivity contribution in [3.8, 4) is 0 Å². The number of methoxy groups -OCH3 is 1. The van der Waals surface area contributed by atoms with Gasteiger partial charge in [-0.3, -0.25) is 0 Å². The van der Waals surface area contributed by atoms with Crippen molar-refractivity contribution in [2.75, 3.05) is 19.0 Å².